The largest absolute Gasteiger partial charge is 0.412 e. The van der Waals surface area contributed by atoms with Crippen molar-refractivity contribution in [1.29, 1.82) is 0 Å². The zero-order valence-corrected chi connectivity index (χ0v) is 20.0. The van der Waals surface area contributed by atoms with Crippen molar-refractivity contribution in [3.63, 3.8) is 0 Å². The predicted molar refractivity (Wildman–Crippen MR) is 121 cm³/mol. The number of hydrogen-bond acceptors (Lipinski definition) is 3. The molecule has 2 saturated heterocycles. The first-order valence-corrected chi connectivity index (χ1v) is 13.0. The van der Waals surface area contributed by atoms with E-state index in [0.717, 1.165) is 43.6 Å². The average Bonchev–Trinajstić information content (AvgIpc) is 3.16. The third-order valence-corrected chi connectivity index (χ3v) is 11.3. The van der Waals surface area contributed by atoms with Gasteiger partial charge in [0.2, 0.25) is 0 Å². The van der Waals surface area contributed by atoms with Crippen molar-refractivity contribution >= 4 is 0 Å². The fraction of sp³-hybridized carbons (Fsp3) is 0.926. The minimum atomic E-state index is -0.294. The van der Waals surface area contributed by atoms with Crippen LogP contribution in [-0.2, 0) is 9.47 Å². The lowest BCUT2D eigenvalue weighted by Gasteiger charge is -2.58. The van der Waals surface area contributed by atoms with Crippen LogP contribution in [0.2, 0.25) is 0 Å². The summed E-state index contributed by atoms with van der Waals surface area (Å²) >= 11 is 0. The summed E-state index contributed by atoms with van der Waals surface area (Å²) in [7, 11) is 0. The summed E-state index contributed by atoms with van der Waals surface area (Å²) in [5, 5.41) is 10.3. The highest BCUT2D eigenvalue weighted by Crippen LogP contribution is 2.70. The van der Waals surface area contributed by atoms with Crippen molar-refractivity contribution in [3.8, 4) is 0 Å². The van der Waals surface area contributed by atoms with E-state index >= 15 is 0 Å². The number of aliphatic hydroxyl groups is 1. The van der Waals surface area contributed by atoms with Crippen molar-refractivity contribution in [2.24, 2.45) is 46.3 Å². The average molecular weight is 433 g/mol. The maximum Gasteiger partial charge on any atom is 0.171 e. The van der Waals surface area contributed by atoms with Gasteiger partial charge in [-0.3, -0.25) is 0 Å². The first-order valence-electron chi connectivity index (χ1n) is 13.0. The lowest BCUT2D eigenvalue weighted by molar-refractivity contribution is -0.272. The third kappa shape index (κ3) is 2.93. The van der Waals surface area contributed by atoms with Gasteiger partial charge in [0, 0.05) is 12.3 Å². The van der Waals surface area contributed by atoms with Crippen LogP contribution in [0.1, 0.15) is 85.5 Å². The molecule has 5 fully saturated rings. The van der Waals surface area contributed by atoms with Gasteiger partial charge in [0.05, 0.1) is 18.8 Å². The molecule has 0 radical (unpaired) electrons. The van der Waals surface area contributed by atoms with E-state index in [1.807, 2.05) is 0 Å². The molecular weight excluding hydrogens is 388 g/mol. The molecule has 6 rings (SSSR count). The Morgan fingerprint density at radius 2 is 1.84 bits per heavy atom. The Kier molecular flexibility index (Phi) is 5.26. The molecule has 2 aliphatic heterocycles. The van der Waals surface area contributed by atoms with Crippen molar-refractivity contribution in [2.75, 3.05) is 6.61 Å². The Bertz CT molecular complexity index is 740. The van der Waals surface area contributed by atoms with Gasteiger partial charge in [-0.1, -0.05) is 39.3 Å². The zero-order chi connectivity index (χ0) is 20.9. The van der Waals surface area contributed by atoms with Gasteiger partial charge >= 0.3 is 0 Å². The van der Waals surface area contributed by atoms with Gasteiger partial charge in [-0.2, -0.15) is 0 Å². The minimum absolute atomic E-state index is 0. The van der Waals surface area contributed by atoms with Crippen LogP contribution >= 0.6 is 0 Å². The Hall–Kier alpha value is -0.420. The summed E-state index contributed by atoms with van der Waals surface area (Å²) in [6.07, 6.45) is 13.5. The quantitative estimate of drug-likeness (QED) is 0.554. The SMILES string of the molecule is C[C@@H]1CC[C@@]2(OC1)O[C@H]1C[C@H]3[C@@H]4CC=C5C[C@@H](O)CC[C@]5(C)[C@H]4CC[C@]3(C)[C@H]1[C@@H]2C.O. The molecule has 3 saturated carbocycles. The maximum absolute atomic E-state index is 10.3. The highest BCUT2D eigenvalue weighted by atomic mass is 16.7. The van der Waals surface area contributed by atoms with Crippen molar-refractivity contribution in [3.05, 3.63) is 11.6 Å². The van der Waals surface area contributed by atoms with E-state index < -0.39 is 0 Å². The van der Waals surface area contributed by atoms with Crippen LogP contribution in [0, 0.1) is 46.3 Å². The smallest absolute Gasteiger partial charge is 0.171 e. The maximum atomic E-state index is 10.3. The summed E-state index contributed by atoms with van der Waals surface area (Å²) in [4.78, 5) is 0. The summed E-state index contributed by atoms with van der Waals surface area (Å²) in [5.74, 6) is 3.94. The normalized spacial score (nSPS) is 57.9. The van der Waals surface area contributed by atoms with Crippen LogP contribution in [0.25, 0.3) is 0 Å². The Morgan fingerprint density at radius 1 is 1.03 bits per heavy atom. The predicted octanol–water partition coefficient (Wildman–Crippen LogP) is 4.89. The Balaban J connectivity index is 0.00000204. The summed E-state index contributed by atoms with van der Waals surface area (Å²) in [5.41, 5.74) is 2.31. The van der Waals surface area contributed by atoms with Gasteiger partial charge < -0.3 is 20.1 Å². The molecule has 11 atom stereocenters. The number of aliphatic hydroxyl groups excluding tert-OH is 1. The van der Waals surface area contributed by atoms with E-state index in [-0.39, 0.29) is 17.4 Å². The van der Waals surface area contributed by atoms with E-state index in [4.69, 9.17) is 9.47 Å². The standard InChI is InChI=1S/C27H42O3.H2O/c1-16-7-12-27(29-15-16)17(2)24-23(30-27)14-22-20-6-5-18-13-19(28)8-10-25(18,3)21(20)9-11-26(22,24)4;/h5,16-17,19-24,28H,6-15H2,1-4H3;1H2/t16-,17+,19+,20-,21+,22+,23+,24+,25+,26+,27-;/m1./s1. The molecule has 2 heterocycles. The molecule has 31 heavy (non-hydrogen) atoms. The van der Waals surface area contributed by atoms with Crippen LogP contribution in [-0.4, -0.2) is 35.2 Å². The summed E-state index contributed by atoms with van der Waals surface area (Å²) < 4.78 is 13.3. The Morgan fingerprint density at radius 3 is 2.58 bits per heavy atom. The molecular formula is C27H44O4. The molecule has 0 unspecified atom stereocenters. The van der Waals surface area contributed by atoms with E-state index in [1.165, 1.54) is 38.5 Å². The van der Waals surface area contributed by atoms with Crippen LogP contribution in [0.5, 0.6) is 0 Å². The molecule has 4 heteroatoms. The molecule has 0 amide bonds. The van der Waals surface area contributed by atoms with Gasteiger partial charge in [-0.15, -0.1) is 0 Å². The molecule has 0 aromatic carbocycles. The Labute approximate surface area is 188 Å². The second-order valence-electron chi connectivity index (χ2n) is 12.7. The van der Waals surface area contributed by atoms with E-state index in [9.17, 15) is 5.11 Å². The lowest BCUT2D eigenvalue weighted by atomic mass is 9.47. The van der Waals surface area contributed by atoms with Crippen molar-refractivity contribution < 1.29 is 20.1 Å². The molecule has 4 aliphatic carbocycles. The molecule has 0 bridgehead atoms. The fourth-order valence-electron chi connectivity index (χ4n) is 9.66. The minimum Gasteiger partial charge on any atom is -0.412 e. The van der Waals surface area contributed by atoms with E-state index in [0.29, 0.717) is 34.7 Å². The number of fused-ring (bicyclic) bond motifs is 7. The van der Waals surface area contributed by atoms with Crippen LogP contribution in [0.3, 0.4) is 0 Å². The first-order chi connectivity index (χ1) is 14.3. The van der Waals surface area contributed by atoms with Gasteiger partial charge in [0.1, 0.15) is 0 Å². The van der Waals surface area contributed by atoms with Gasteiger partial charge in [0.25, 0.3) is 0 Å². The summed E-state index contributed by atoms with van der Waals surface area (Å²) in [6, 6.07) is 0. The van der Waals surface area contributed by atoms with Gasteiger partial charge in [-0.05, 0) is 91.8 Å². The highest BCUT2D eigenvalue weighted by Gasteiger charge is 2.68. The molecule has 0 aromatic rings. The van der Waals surface area contributed by atoms with E-state index in [2.05, 4.69) is 33.8 Å². The van der Waals surface area contributed by atoms with Gasteiger partial charge in [0.15, 0.2) is 5.79 Å². The topological polar surface area (TPSA) is 70.2 Å². The van der Waals surface area contributed by atoms with Crippen LogP contribution in [0.4, 0.5) is 0 Å². The van der Waals surface area contributed by atoms with Crippen molar-refractivity contribution in [2.45, 2.75) is 103 Å². The van der Waals surface area contributed by atoms with Crippen molar-refractivity contribution in [1.82, 2.24) is 0 Å². The lowest BCUT2D eigenvalue weighted by Crippen LogP contribution is -2.52. The number of rotatable bonds is 0. The fourth-order valence-corrected chi connectivity index (χ4v) is 9.66. The second-order valence-corrected chi connectivity index (χ2v) is 12.7. The molecule has 1 spiro atoms. The molecule has 3 N–H and O–H groups in total. The number of ether oxygens (including phenoxy) is 2. The van der Waals surface area contributed by atoms with Gasteiger partial charge in [-0.25, -0.2) is 0 Å². The number of hydrogen-bond donors (Lipinski definition) is 1. The number of allylic oxidation sites excluding steroid dienone is 1. The third-order valence-electron chi connectivity index (χ3n) is 11.3. The van der Waals surface area contributed by atoms with E-state index in [1.54, 1.807) is 5.57 Å². The zero-order valence-electron chi connectivity index (χ0n) is 20.0. The second kappa shape index (κ2) is 7.29. The monoisotopic (exact) mass is 432 g/mol. The van der Waals surface area contributed by atoms with Crippen LogP contribution in [0.15, 0.2) is 11.6 Å². The molecule has 4 nitrogen and oxygen atoms in total. The molecule has 0 aromatic heterocycles. The molecule has 176 valence electrons. The molecule has 6 aliphatic rings. The summed E-state index contributed by atoms with van der Waals surface area (Å²) in [6.45, 7) is 10.8. The highest BCUT2D eigenvalue weighted by molar-refractivity contribution is 5.26. The first kappa shape index (κ1) is 22.4. The van der Waals surface area contributed by atoms with Crippen LogP contribution < -0.4 is 0 Å².